The Bertz CT molecular complexity index is 916. The van der Waals surface area contributed by atoms with Crippen molar-refractivity contribution in [1.29, 1.82) is 0 Å². The summed E-state index contributed by atoms with van der Waals surface area (Å²) in [6.45, 7) is 0.628. The van der Waals surface area contributed by atoms with E-state index in [1.54, 1.807) is 24.3 Å². The minimum atomic E-state index is -0.453. The number of rotatable bonds is 9. The quantitative estimate of drug-likeness (QED) is 0.198. The van der Waals surface area contributed by atoms with E-state index in [1.807, 2.05) is 36.4 Å². The van der Waals surface area contributed by atoms with E-state index in [2.05, 4.69) is 5.48 Å². The van der Waals surface area contributed by atoms with E-state index in [4.69, 9.17) is 26.2 Å². The van der Waals surface area contributed by atoms with Gasteiger partial charge in [-0.2, -0.15) is 10.4 Å². The molecule has 0 aromatic heterocycles. The van der Waals surface area contributed by atoms with Crippen LogP contribution in [0.3, 0.4) is 0 Å². The number of allylic oxidation sites excluding steroid dienone is 1. The van der Waals surface area contributed by atoms with Crippen LogP contribution in [-0.4, -0.2) is 24.6 Å². The number of carbonyl (C=O) groups excluding carboxylic acids is 2. The first-order valence-corrected chi connectivity index (χ1v) is 10.6. The molecule has 1 fully saturated rings. The molecule has 162 valence electrons. The fourth-order valence-electron chi connectivity index (χ4n) is 2.86. The molecule has 0 aliphatic carbocycles. The Labute approximate surface area is 186 Å². The summed E-state index contributed by atoms with van der Waals surface area (Å²) in [5.74, 6) is -0.114. The smallest absolute Gasteiger partial charge is 0.269 e. The molecule has 1 saturated heterocycles. The van der Waals surface area contributed by atoms with Gasteiger partial charge in [0.25, 0.3) is 5.91 Å². The lowest BCUT2D eigenvalue weighted by atomic mass is 10.1. The van der Waals surface area contributed by atoms with Gasteiger partial charge in [-0.15, -0.1) is 16.6 Å². The maximum absolute atomic E-state index is 12.2. The van der Waals surface area contributed by atoms with Crippen LogP contribution in [0.2, 0.25) is 0 Å². The van der Waals surface area contributed by atoms with Crippen molar-refractivity contribution in [1.82, 2.24) is 5.48 Å². The molecule has 0 bridgehead atoms. The van der Waals surface area contributed by atoms with Gasteiger partial charge in [0.15, 0.2) is 12.1 Å². The fourth-order valence-corrected chi connectivity index (χ4v) is 3.03. The molecule has 1 atom stereocenters. The van der Waals surface area contributed by atoms with Gasteiger partial charge in [-0.1, -0.05) is 54.6 Å². The van der Waals surface area contributed by atoms with E-state index in [0.29, 0.717) is 18.1 Å². The molecule has 1 aliphatic rings. The lowest BCUT2D eigenvalue weighted by Crippen LogP contribution is -2.28. The minimum Gasteiger partial charge on any atom is -0.350 e. The van der Waals surface area contributed by atoms with Gasteiger partial charge in [0.1, 0.15) is 0 Å². The highest BCUT2D eigenvalue weighted by atomic mass is 35.5. The second kappa shape index (κ2) is 12.2. The zero-order valence-electron chi connectivity index (χ0n) is 17.0. The molecule has 3 rings (SSSR count). The molecule has 1 heterocycles. The van der Waals surface area contributed by atoms with Crippen LogP contribution in [0.25, 0.3) is 12.2 Å². The molecule has 2 aromatic rings. The first-order chi connectivity index (χ1) is 15.1. The summed E-state index contributed by atoms with van der Waals surface area (Å²) in [5, 5.41) is 0. The standard InChI is InChI=1S/C24H24ClNO5/c25-17-20-8-12-21(13-9-20)22(27)14-10-18-4-6-19(7-5-18)11-15-23(28)26-31-30-24-3-1-2-16-29-24/h4-15,24H,1-3,16-17H2,(H,26,28)/b14-10+,15-11+. The first-order valence-electron chi connectivity index (χ1n) is 10.0. The summed E-state index contributed by atoms with van der Waals surface area (Å²) >= 11 is 5.76. The monoisotopic (exact) mass is 441 g/mol. The number of alkyl halides is 1. The highest BCUT2D eigenvalue weighted by Crippen LogP contribution is 2.13. The van der Waals surface area contributed by atoms with Gasteiger partial charge in [0, 0.05) is 30.5 Å². The molecule has 0 radical (unpaired) electrons. The summed E-state index contributed by atoms with van der Waals surface area (Å²) in [7, 11) is 0. The second-order valence-corrected chi connectivity index (χ2v) is 7.24. The Kier molecular flexibility index (Phi) is 8.99. The number of benzene rings is 2. The normalized spacial score (nSPS) is 16.6. The molecule has 1 N–H and O–H groups in total. The maximum Gasteiger partial charge on any atom is 0.269 e. The number of hydroxylamine groups is 1. The molecule has 2 aromatic carbocycles. The van der Waals surface area contributed by atoms with E-state index in [9.17, 15) is 9.59 Å². The molecule has 1 amide bonds. The minimum absolute atomic E-state index is 0.0809. The van der Waals surface area contributed by atoms with E-state index in [0.717, 1.165) is 36.0 Å². The van der Waals surface area contributed by atoms with Crippen molar-refractivity contribution in [2.45, 2.75) is 31.4 Å². The van der Waals surface area contributed by atoms with Gasteiger partial charge >= 0.3 is 0 Å². The van der Waals surface area contributed by atoms with Crippen LogP contribution in [0, 0.1) is 0 Å². The lowest BCUT2D eigenvalue weighted by Gasteiger charge is -2.20. The Morgan fingerprint density at radius 1 is 1.00 bits per heavy atom. The summed E-state index contributed by atoms with van der Waals surface area (Å²) in [6, 6.07) is 14.6. The van der Waals surface area contributed by atoms with Crippen molar-refractivity contribution in [3.8, 4) is 0 Å². The third-order valence-corrected chi connectivity index (χ3v) is 4.93. The average Bonchev–Trinajstić information content (AvgIpc) is 2.82. The largest absolute Gasteiger partial charge is 0.350 e. The van der Waals surface area contributed by atoms with Crippen LogP contribution < -0.4 is 5.48 Å². The number of carbonyl (C=O) groups is 2. The van der Waals surface area contributed by atoms with Crippen molar-refractivity contribution in [2.75, 3.05) is 6.61 Å². The summed E-state index contributed by atoms with van der Waals surface area (Å²) in [4.78, 5) is 33.7. The Balaban J connectivity index is 1.44. The van der Waals surface area contributed by atoms with E-state index in [-0.39, 0.29) is 5.78 Å². The molecule has 6 nitrogen and oxygen atoms in total. The van der Waals surface area contributed by atoms with Gasteiger partial charge in [0.2, 0.25) is 0 Å². The summed E-state index contributed by atoms with van der Waals surface area (Å²) in [6.07, 6.45) is 8.55. The first kappa shape index (κ1) is 22.9. The Morgan fingerprint density at radius 2 is 1.68 bits per heavy atom. The average molecular weight is 442 g/mol. The fraction of sp³-hybridized carbons (Fsp3) is 0.250. The number of ketones is 1. The maximum atomic E-state index is 12.2. The van der Waals surface area contributed by atoms with Crippen LogP contribution in [0.4, 0.5) is 0 Å². The van der Waals surface area contributed by atoms with Crippen LogP contribution in [-0.2, 0) is 25.3 Å². The summed E-state index contributed by atoms with van der Waals surface area (Å²) in [5.41, 5.74) is 5.46. The van der Waals surface area contributed by atoms with Gasteiger partial charge < -0.3 is 4.74 Å². The number of ether oxygens (including phenoxy) is 1. The Hall–Kier alpha value is -2.77. The van der Waals surface area contributed by atoms with Gasteiger partial charge in [-0.05, 0) is 41.7 Å². The predicted molar refractivity (Wildman–Crippen MR) is 119 cm³/mol. The third-order valence-electron chi connectivity index (χ3n) is 4.62. The zero-order valence-corrected chi connectivity index (χ0v) is 17.7. The van der Waals surface area contributed by atoms with E-state index < -0.39 is 12.2 Å². The van der Waals surface area contributed by atoms with Crippen molar-refractivity contribution in [3.63, 3.8) is 0 Å². The van der Waals surface area contributed by atoms with Gasteiger partial charge in [-0.25, -0.2) is 0 Å². The van der Waals surface area contributed by atoms with Crippen LogP contribution >= 0.6 is 11.6 Å². The van der Waals surface area contributed by atoms with Crippen molar-refractivity contribution in [2.24, 2.45) is 0 Å². The van der Waals surface area contributed by atoms with Gasteiger partial charge in [0.05, 0.1) is 0 Å². The lowest BCUT2D eigenvalue weighted by molar-refractivity contribution is -0.406. The van der Waals surface area contributed by atoms with E-state index >= 15 is 0 Å². The zero-order chi connectivity index (χ0) is 21.9. The predicted octanol–water partition coefficient (Wildman–Crippen LogP) is 4.84. The number of hydrogen-bond donors (Lipinski definition) is 1. The van der Waals surface area contributed by atoms with Crippen molar-refractivity contribution in [3.05, 3.63) is 82.9 Å². The number of halogens is 1. The topological polar surface area (TPSA) is 73.9 Å². The third kappa shape index (κ3) is 7.77. The van der Waals surface area contributed by atoms with Gasteiger partial charge in [-0.3, -0.25) is 9.59 Å². The molecule has 0 spiro atoms. The van der Waals surface area contributed by atoms with E-state index in [1.165, 1.54) is 12.2 Å². The van der Waals surface area contributed by atoms with Crippen LogP contribution in [0.5, 0.6) is 0 Å². The molecule has 7 heteroatoms. The molecule has 31 heavy (non-hydrogen) atoms. The molecular formula is C24H24ClNO5. The number of amides is 1. The molecule has 1 unspecified atom stereocenters. The van der Waals surface area contributed by atoms with Crippen LogP contribution in [0.15, 0.2) is 60.7 Å². The molecule has 1 aliphatic heterocycles. The number of nitrogens with one attached hydrogen (secondary N) is 1. The van der Waals surface area contributed by atoms with Crippen molar-refractivity contribution >= 4 is 35.4 Å². The SMILES string of the molecule is O=C(/C=C/c1ccc(/C=C/C(=O)c2ccc(CCl)cc2)cc1)NOOC1CCCCO1. The second-order valence-electron chi connectivity index (χ2n) is 6.97. The highest BCUT2D eigenvalue weighted by molar-refractivity contribution is 6.17. The molecule has 0 saturated carbocycles. The van der Waals surface area contributed by atoms with Crippen LogP contribution in [0.1, 0.15) is 46.3 Å². The highest BCUT2D eigenvalue weighted by Gasteiger charge is 2.15. The summed E-state index contributed by atoms with van der Waals surface area (Å²) < 4.78 is 5.32. The molecular weight excluding hydrogens is 418 g/mol. The number of hydrogen-bond acceptors (Lipinski definition) is 5. The van der Waals surface area contributed by atoms with Crippen molar-refractivity contribution < 1.29 is 24.2 Å². The Morgan fingerprint density at radius 3 is 2.29 bits per heavy atom.